The molecule has 0 radical (unpaired) electrons. The highest BCUT2D eigenvalue weighted by Crippen LogP contribution is 2.18. The van der Waals surface area contributed by atoms with Crippen molar-refractivity contribution in [3.05, 3.63) is 34.9 Å². The van der Waals surface area contributed by atoms with Crippen molar-refractivity contribution in [1.82, 2.24) is 0 Å². The van der Waals surface area contributed by atoms with E-state index in [1.807, 2.05) is 19.1 Å². The van der Waals surface area contributed by atoms with Gasteiger partial charge in [0.25, 0.3) is 0 Å². The first-order valence-corrected chi connectivity index (χ1v) is 7.70. The van der Waals surface area contributed by atoms with Crippen LogP contribution in [0.5, 0.6) is 0 Å². The fourth-order valence-corrected chi connectivity index (χ4v) is 2.81. The number of rotatable bonds is 7. The van der Waals surface area contributed by atoms with Crippen LogP contribution in [0.2, 0.25) is 0 Å². The Morgan fingerprint density at radius 1 is 1.12 bits per heavy atom. The summed E-state index contributed by atoms with van der Waals surface area (Å²) in [5, 5.41) is 0. The molecule has 0 atom stereocenters. The Balaban J connectivity index is 2.72. The molecule has 1 aromatic rings. The van der Waals surface area contributed by atoms with Crippen LogP contribution < -0.4 is 0 Å². The number of aryl methyl sites for hydroxylation is 2. The van der Waals surface area contributed by atoms with E-state index in [0.29, 0.717) is 0 Å². The van der Waals surface area contributed by atoms with E-state index in [4.69, 9.17) is 0 Å². The van der Waals surface area contributed by atoms with Gasteiger partial charge in [0, 0.05) is 0 Å². The Bertz CT molecular complexity index is 414. The van der Waals surface area contributed by atoms with Gasteiger partial charge in [0.2, 0.25) is 0 Å². The van der Waals surface area contributed by atoms with Crippen molar-refractivity contribution >= 4 is 10.7 Å². The minimum absolute atomic E-state index is 0.186. The molecule has 1 aromatic carbocycles. The van der Waals surface area contributed by atoms with E-state index in [-0.39, 0.29) is 5.75 Å². The maximum atomic E-state index is 10.9. The van der Waals surface area contributed by atoms with Crippen LogP contribution in [0, 0.1) is 6.92 Å². The minimum Gasteiger partial charge on any atom is -0.232 e. The third kappa shape index (κ3) is 4.90. The van der Waals surface area contributed by atoms with Crippen molar-refractivity contribution in [1.29, 1.82) is 0 Å². The molecule has 17 heavy (non-hydrogen) atoms. The van der Waals surface area contributed by atoms with E-state index in [9.17, 15) is 8.42 Å². The molecule has 0 amide bonds. The van der Waals surface area contributed by atoms with Gasteiger partial charge in [-0.05, 0) is 36.5 Å². The molecule has 0 saturated carbocycles. The van der Waals surface area contributed by atoms with E-state index >= 15 is 0 Å². The summed E-state index contributed by atoms with van der Waals surface area (Å²) in [7, 11) is -2.33. The van der Waals surface area contributed by atoms with Crippen LogP contribution in [0.4, 0.5) is 0 Å². The van der Waals surface area contributed by atoms with Crippen LogP contribution in [0.3, 0.4) is 0 Å². The highest BCUT2D eigenvalue weighted by molar-refractivity contribution is 7.71. The van der Waals surface area contributed by atoms with E-state index in [0.717, 1.165) is 24.0 Å². The van der Waals surface area contributed by atoms with Gasteiger partial charge in [0.15, 0.2) is 0 Å². The van der Waals surface area contributed by atoms with E-state index < -0.39 is 10.7 Å². The lowest BCUT2D eigenvalue weighted by Gasteiger charge is -2.10. The third-order valence-electron chi connectivity index (χ3n) is 3.09. The number of benzene rings is 1. The zero-order valence-corrected chi connectivity index (χ0v) is 11.6. The SMILES string of the molecule is CCCCCCc1cccc(C)c1C[SH](=O)=O. The van der Waals surface area contributed by atoms with Crippen molar-refractivity contribution in [3.63, 3.8) is 0 Å². The van der Waals surface area contributed by atoms with Crippen LogP contribution in [-0.2, 0) is 22.9 Å². The average molecular weight is 254 g/mol. The van der Waals surface area contributed by atoms with E-state index in [2.05, 4.69) is 13.0 Å². The largest absolute Gasteiger partial charge is 0.232 e. The second-order valence-electron chi connectivity index (χ2n) is 4.51. The molecular formula is C14H22O2S. The predicted octanol–water partition coefficient (Wildman–Crippen LogP) is 3.23. The smallest absolute Gasteiger partial charge is 0.144 e. The Hall–Kier alpha value is -0.830. The number of thiol groups is 1. The van der Waals surface area contributed by atoms with Gasteiger partial charge in [-0.2, -0.15) is 0 Å². The Morgan fingerprint density at radius 3 is 2.53 bits per heavy atom. The van der Waals surface area contributed by atoms with Crippen LogP contribution in [0.25, 0.3) is 0 Å². The first-order chi connectivity index (χ1) is 8.15. The van der Waals surface area contributed by atoms with Gasteiger partial charge in [0.1, 0.15) is 10.7 Å². The molecule has 1 rings (SSSR count). The van der Waals surface area contributed by atoms with Gasteiger partial charge in [-0.15, -0.1) is 0 Å². The second-order valence-corrected chi connectivity index (χ2v) is 5.50. The number of unbranched alkanes of at least 4 members (excludes halogenated alkanes) is 3. The van der Waals surface area contributed by atoms with Crippen molar-refractivity contribution in [2.24, 2.45) is 0 Å². The van der Waals surface area contributed by atoms with Crippen molar-refractivity contribution in [2.45, 2.75) is 51.7 Å². The molecule has 0 bridgehead atoms. The second kappa shape index (κ2) is 7.49. The molecular weight excluding hydrogens is 232 g/mol. The summed E-state index contributed by atoms with van der Waals surface area (Å²) in [4.78, 5) is 0. The molecule has 0 aromatic heterocycles. The Labute approximate surface area is 106 Å². The third-order valence-corrected chi connectivity index (χ3v) is 3.67. The standard InChI is InChI=1S/C14H22O2S/c1-3-4-5-6-9-13-10-7-8-12(2)14(13)11-17(15)16/h7-8,10,17H,3-6,9,11H2,1-2H3. The van der Waals surface area contributed by atoms with Gasteiger partial charge in [-0.1, -0.05) is 44.4 Å². The highest BCUT2D eigenvalue weighted by atomic mass is 32.2. The molecule has 0 fully saturated rings. The minimum atomic E-state index is -2.33. The quantitative estimate of drug-likeness (QED) is 0.599. The summed E-state index contributed by atoms with van der Waals surface area (Å²) in [6, 6.07) is 6.07. The van der Waals surface area contributed by atoms with E-state index in [1.165, 1.54) is 24.8 Å². The van der Waals surface area contributed by atoms with Gasteiger partial charge >= 0.3 is 0 Å². The van der Waals surface area contributed by atoms with Gasteiger partial charge in [-0.25, -0.2) is 8.42 Å². The van der Waals surface area contributed by atoms with Crippen LogP contribution in [-0.4, -0.2) is 8.42 Å². The highest BCUT2D eigenvalue weighted by Gasteiger charge is 2.06. The first kappa shape index (κ1) is 14.2. The Kier molecular flexibility index (Phi) is 6.27. The first-order valence-electron chi connectivity index (χ1n) is 6.34. The van der Waals surface area contributed by atoms with Crippen molar-refractivity contribution < 1.29 is 8.42 Å². The summed E-state index contributed by atoms with van der Waals surface area (Å²) in [6.07, 6.45) is 5.87. The summed E-state index contributed by atoms with van der Waals surface area (Å²) in [5.74, 6) is 0.186. The summed E-state index contributed by atoms with van der Waals surface area (Å²) in [5.41, 5.74) is 3.32. The molecule has 96 valence electrons. The lowest BCUT2D eigenvalue weighted by molar-refractivity contribution is 0.613. The molecule has 0 aliphatic rings. The molecule has 3 heteroatoms. The molecule has 0 N–H and O–H groups in total. The number of hydrogen-bond donors (Lipinski definition) is 1. The predicted molar refractivity (Wildman–Crippen MR) is 73.0 cm³/mol. The average Bonchev–Trinajstić information content (AvgIpc) is 2.28. The molecule has 0 saturated heterocycles. The zero-order chi connectivity index (χ0) is 12.7. The van der Waals surface area contributed by atoms with Crippen molar-refractivity contribution in [3.8, 4) is 0 Å². The maximum absolute atomic E-state index is 10.9. The monoisotopic (exact) mass is 254 g/mol. The summed E-state index contributed by atoms with van der Waals surface area (Å²) >= 11 is 0. The molecule has 2 nitrogen and oxygen atoms in total. The molecule has 0 aliphatic carbocycles. The Morgan fingerprint density at radius 2 is 1.88 bits per heavy atom. The topological polar surface area (TPSA) is 34.1 Å². The summed E-state index contributed by atoms with van der Waals surface area (Å²) in [6.45, 7) is 4.18. The fraction of sp³-hybridized carbons (Fsp3) is 0.571. The van der Waals surface area contributed by atoms with Gasteiger partial charge in [0.05, 0.1) is 5.75 Å². The number of hydrogen-bond acceptors (Lipinski definition) is 2. The summed E-state index contributed by atoms with van der Waals surface area (Å²) < 4.78 is 21.8. The zero-order valence-electron chi connectivity index (χ0n) is 10.7. The lowest BCUT2D eigenvalue weighted by Crippen LogP contribution is -1.99. The van der Waals surface area contributed by atoms with Gasteiger partial charge < -0.3 is 0 Å². The molecule has 0 unspecified atom stereocenters. The fourth-order valence-electron chi connectivity index (χ4n) is 2.09. The van der Waals surface area contributed by atoms with E-state index in [1.54, 1.807) is 0 Å². The van der Waals surface area contributed by atoms with Crippen LogP contribution >= 0.6 is 0 Å². The van der Waals surface area contributed by atoms with Gasteiger partial charge in [-0.3, -0.25) is 0 Å². The molecule has 0 aliphatic heterocycles. The lowest BCUT2D eigenvalue weighted by atomic mass is 9.98. The van der Waals surface area contributed by atoms with Crippen LogP contribution in [0.15, 0.2) is 18.2 Å². The normalized spacial score (nSPS) is 11.0. The van der Waals surface area contributed by atoms with Crippen molar-refractivity contribution in [2.75, 3.05) is 0 Å². The molecule has 0 heterocycles. The van der Waals surface area contributed by atoms with Crippen LogP contribution in [0.1, 0.15) is 49.3 Å². The maximum Gasteiger partial charge on any atom is 0.144 e. The molecule has 0 spiro atoms.